The molecule has 1 heterocycles. The Balaban J connectivity index is 1.66. The first-order valence-electron chi connectivity index (χ1n) is 8.45. The zero-order valence-electron chi connectivity index (χ0n) is 13.5. The summed E-state index contributed by atoms with van der Waals surface area (Å²) in [6, 6.07) is 7.16. The maximum absolute atomic E-state index is 13.5. The molecule has 2 rings (SSSR count). The highest BCUT2D eigenvalue weighted by molar-refractivity contribution is 5.78. The number of piperidine rings is 1. The summed E-state index contributed by atoms with van der Waals surface area (Å²) in [5.41, 5.74) is 0.460. The lowest BCUT2D eigenvalue weighted by Gasteiger charge is -2.35. The first-order chi connectivity index (χ1) is 10.7. The molecule has 1 aliphatic rings. The Kier molecular flexibility index (Phi) is 6.84. The molecule has 1 fully saturated rings. The second-order valence-electron chi connectivity index (χ2n) is 6.07. The maximum Gasteiger partial charge on any atom is 0.224 e. The molecule has 1 atom stereocenters. The molecule has 1 N–H and O–H groups in total. The van der Waals surface area contributed by atoms with Crippen LogP contribution >= 0.6 is 0 Å². The number of benzene rings is 1. The van der Waals surface area contributed by atoms with E-state index in [4.69, 9.17) is 0 Å². The quantitative estimate of drug-likeness (QED) is 0.785. The molecule has 22 heavy (non-hydrogen) atoms. The standard InChI is InChI=1S/C18H27FN2O/c1-2-16-9-5-6-12-21(16)13-7-11-20-18(22)14-15-8-3-4-10-17(15)19/h3-4,8,10,16H,2,5-7,9,11-14H2,1H3,(H,20,22)/t16-/m0/s1. The molecule has 0 spiro atoms. The molecule has 3 nitrogen and oxygen atoms in total. The summed E-state index contributed by atoms with van der Waals surface area (Å²) < 4.78 is 13.5. The smallest absolute Gasteiger partial charge is 0.224 e. The van der Waals surface area contributed by atoms with Crippen molar-refractivity contribution < 1.29 is 9.18 Å². The minimum atomic E-state index is -0.309. The van der Waals surface area contributed by atoms with Crippen molar-refractivity contribution in [3.63, 3.8) is 0 Å². The van der Waals surface area contributed by atoms with Crippen molar-refractivity contribution in [1.82, 2.24) is 10.2 Å². The number of carbonyl (C=O) groups is 1. The summed E-state index contributed by atoms with van der Waals surface area (Å²) in [5, 5.41) is 2.90. The fourth-order valence-electron chi connectivity index (χ4n) is 3.20. The Hall–Kier alpha value is -1.42. The third-order valence-electron chi connectivity index (χ3n) is 4.47. The van der Waals surface area contributed by atoms with Gasteiger partial charge in [-0.15, -0.1) is 0 Å². The van der Waals surface area contributed by atoms with E-state index in [1.807, 2.05) is 0 Å². The van der Waals surface area contributed by atoms with Gasteiger partial charge in [-0.1, -0.05) is 31.5 Å². The summed E-state index contributed by atoms with van der Waals surface area (Å²) >= 11 is 0. The third kappa shape index (κ3) is 5.09. The Morgan fingerprint density at radius 1 is 1.36 bits per heavy atom. The number of rotatable bonds is 7. The number of carbonyl (C=O) groups excluding carboxylic acids is 1. The summed E-state index contributed by atoms with van der Waals surface area (Å²) in [6.07, 6.45) is 6.22. The first-order valence-corrected chi connectivity index (χ1v) is 8.45. The number of nitrogens with one attached hydrogen (secondary N) is 1. The fraction of sp³-hybridized carbons (Fsp3) is 0.611. The molecular formula is C18H27FN2O. The Labute approximate surface area is 132 Å². The van der Waals surface area contributed by atoms with Crippen molar-refractivity contribution in [2.24, 2.45) is 0 Å². The van der Waals surface area contributed by atoms with Gasteiger partial charge < -0.3 is 10.2 Å². The van der Waals surface area contributed by atoms with Gasteiger partial charge in [0.15, 0.2) is 0 Å². The lowest BCUT2D eigenvalue weighted by Crippen LogP contribution is -2.40. The summed E-state index contributed by atoms with van der Waals surface area (Å²) in [4.78, 5) is 14.4. The highest BCUT2D eigenvalue weighted by Gasteiger charge is 2.19. The Morgan fingerprint density at radius 2 is 2.18 bits per heavy atom. The van der Waals surface area contributed by atoms with Crippen LogP contribution in [0.4, 0.5) is 4.39 Å². The van der Waals surface area contributed by atoms with Crippen molar-refractivity contribution in [2.45, 2.75) is 51.5 Å². The summed E-state index contributed by atoms with van der Waals surface area (Å²) in [7, 11) is 0. The van der Waals surface area contributed by atoms with Gasteiger partial charge in [0.2, 0.25) is 5.91 Å². The average molecular weight is 306 g/mol. The van der Waals surface area contributed by atoms with E-state index in [1.165, 1.54) is 38.3 Å². The van der Waals surface area contributed by atoms with Crippen LogP contribution in [0.1, 0.15) is 44.6 Å². The van der Waals surface area contributed by atoms with Crippen molar-refractivity contribution in [3.05, 3.63) is 35.6 Å². The van der Waals surface area contributed by atoms with Gasteiger partial charge >= 0.3 is 0 Å². The molecule has 0 unspecified atom stereocenters. The van der Waals surface area contributed by atoms with Crippen molar-refractivity contribution in [1.29, 1.82) is 0 Å². The lowest BCUT2D eigenvalue weighted by atomic mass is 10.00. The van der Waals surface area contributed by atoms with Crippen LogP contribution in [0.2, 0.25) is 0 Å². The zero-order chi connectivity index (χ0) is 15.8. The van der Waals surface area contributed by atoms with Crippen LogP contribution in [0.5, 0.6) is 0 Å². The van der Waals surface area contributed by atoms with Crippen molar-refractivity contribution in [3.8, 4) is 0 Å². The summed E-state index contributed by atoms with van der Waals surface area (Å²) in [6.45, 7) is 5.14. The van der Waals surface area contributed by atoms with E-state index < -0.39 is 0 Å². The van der Waals surface area contributed by atoms with E-state index in [9.17, 15) is 9.18 Å². The molecule has 1 aromatic rings. The van der Waals surface area contributed by atoms with E-state index in [-0.39, 0.29) is 18.1 Å². The molecule has 1 aromatic carbocycles. The highest BCUT2D eigenvalue weighted by Crippen LogP contribution is 2.19. The van der Waals surface area contributed by atoms with Gasteiger partial charge in [-0.3, -0.25) is 4.79 Å². The molecule has 0 saturated carbocycles. The van der Waals surface area contributed by atoms with Crippen LogP contribution in [0.15, 0.2) is 24.3 Å². The zero-order valence-corrected chi connectivity index (χ0v) is 13.5. The molecule has 1 aliphatic heterocycles. The molecule has 0 aromatic heterocycles. The highest BCUT2D eigenvalue weighted by atomic mass is 19.1. The van der Waals surface area contributed by atoms with Crippen LogP contribution in [-0.2, 0) is 11.2 Å². The Morgan fingerprint density at radius 3 is 2.95 bits per heavy atom. The topological polar surface area (TPSA) is 32.3 Å². The van der Waals surface area contributed by atoms with Crippen LogP contribution in [0, 0.1) is 5.82 Å². The molecular weight excluding hydrogens is 279 g/mol. The molecule has 1 saturated heterocycles. The molecule has 0 aliphatic carbocycles. The van der Waals surface area contributed by atoms with Crippen LogP contribution < -0.4 is 5.32 Å². The predicted molar refractivity (Wildman–Crippen MR) is 87.2 cm³/mol. The number of amides is 1. The third-order valence-corrected chi connectivity index (χ3v) is 4.47. The first kappa shape index (κ1) is 16.9. The molecule has 1 amide bonds. The van der Waals surface area contributed by atoms with Gasteiger partial charge in [-0.2, -0.15) is 0 Å². The van der Waals surface area contributed by atoms with E-state index in [0.717, 1.165) is 13.0 Å². The molecule has 4 heteroatoms. The van der Waals surface area contributed by atoms with Gasteiger partial charge in [0.1, 0.15) is 5.82 Å². The lowest BCUT2D eigenvalue weighted by molar-refractivity contribution is -0.120. The predicted octanol–water partition coefficient (Wildman–Crippen LogP) is 3.14. The summed E-state index contributed by atoms with van der Waals surface area (Å²) in [5.74, 6) is -0.410. The second-order valence-corrected chi connectivity index (χ2v) is 6.07. The van der Waals surface area contributed by atoms with Crippen molar-refractivity contribution >= 4 is 5.91 Å². The largest absolute Gasteiger partial charge is 0.356 e. The van der Waals surface area contributed by atoms with E-state index >= 15 is 0 Å². The minimum absolute atomic E-state index is 0.101. The number of likely N-dealkylation sites (tertiary alicyclic amines) is 1. The van der Waals surface area contributed by atoms with Crippen molar-refractivity contribution in [2.75, 3.05) is 19.6 Å². The van der Waals surface area contributed by atoms with E-state index in [1.54, 1.807) is 18.2 Å². The Bertz CT molecular complexity index is 478. The second kappa shape index (κ2) is 8.89. The van der Waals surface area contributed by atoms with Gasteiger partial charge in [0.05, 0.1) is 6.42 Å². The molecule has 0 bridgehead atoms. The van der Waals surface area contributed by atoms with E-state index in [0.29, 0.717) is 18.2 Å². The normalized spacial score (nSPS) is 19.1. The SMILES string of the molecule is CC[C@H]1CCCCN1CCCNC(=O)Cc1ccccc1F. The number of halogens is 1. The average Bonchev–Trinajstić information content (AvgIpc) is 2.54. The number of hydrogen-bond acceptors (Lipinski definition) is 2. The minimum Gasteiger partial charge on any atom is -0.356 e. The van der Waals surface area contributed by atoms with Crippen LogP contribution in [0.25, 0.3) is 0 Å². The fourth-order valence-corrected chi connectivity index (χ4v) is 3.20. The number of nitrogens with zero attached hydrogens (tertiary/aromatic N) is 1. The van der Waals surface area contributed by atoms with Crippen LogP contribution in [0.3, 0.4) is 0 Å². The van der Waals surface area contributed by atoms with Gasteiger partial charge in [0.25, 0.3) is 0 Å². The maximum atomic E-state index is 13.5. The van der Waals surface area contributed by atoms with Gasteiger partial charge in [0, 0.05) is 19.1 Å². The van der Waals surface area contributed by atoms with Gasteiger partial charge in [-0.05, 0) is 43.9 Å². The number of hydrogen-bond donors (Lipinski definition) is 1. The van der Waals surface area contributed by atoms with Crippen LogP contribution in [-0.4, -0.2) is 36.5 Å². The van der Waals surface area contributed by atoms with Gasteiger partial charge in [-0.25, -0.2) is 4.39 Å². The molecule has 0 radical (unpaired) electrons. The molecule has 122 valence electrons. The monoisotopic (exact) mass is 306 g/mol. The van der Waals surface area contributed by atoms with E-state index in [2.05, 4.69) is 17.1 Å².